The molecule has 33 heavy (non-hydrogen) atoms. The van der Waals surface area contributed by atoms with Gasteiger partial charge in [0.05, 0.1) is 20.1 Å². The summed E-state index contributed by atoms with van der Waals surface area (Å²) < 4.78 is 32.2. The number of carbonyl (C=O) groups is 2. The van der Waals surface area contributed by atoms with Crippen LogP contribution in [0.2, 0.25) is 0 Å². The van der Waals surface area contributed by atoms with Crippen LogP contribution in [-0.2, 0) is 9.59 Å². The van der Waals surface area contributed by atoms with Gasteiger partial charge in [-0.25, -0.2) is 4.79 Å². The van der Waals surface area contributed by atoms with E-state index in [2.05, 4.69) is 16.8 Å². The summed E-state index contributed by atoms with van der Waals surface area (Å²) in [6.45, 7) is 6.21. The van der Waals surface area contributed by atoms with E-state index in [1.165, 1.54) is 5.69 Å². The number of carbonyl (C=O) groups excluding carboxylic acids is 1. The highest BCUT2D eigenvalue weighted by atomic mass is 19.4. The first-order chi connectivity index (χ1) is 15.3. The fourth-order valence-corrected chi connectivity index (χ4v) is 4.22. The van der Waals surface area contributed by atoms with Crippen LogP contribution in [0.3, 0.4) is 0 Å². The first kappa shape index (κ1) is 26.4. The normalized spacial score (nSPS) is 23.9. The van der Waals surface area contributed by atoms with Gasteiger partial charge in [-0.1, -0.05) is 0 Å². The number of nitrogens with zero attached hydrogens (tertiary/aromatic N) is 3. The number of alkyl halides is 3. The molecule has 1 aromatic rings. The van der Waals surface area contributed by atoms with Crippen LogP contribution in [0.15, 0.2) is 24.3 Å². The van der Waals surface area contributed by atoms with Crippen LogP contribution < -0.4 is 15.7 Å². The number of carboxylic acid groups (broad SMARTS) is 2. The quantitative estimate of drug-likeness (QED) is 0.313. The molecular weight excluding hydrogens is 443 g/mol. The Labute approximate surface area is 190 Å². The molecule has 9 nitrogen and oxygen atoms in total. The van der Waals surface area contributed by atoms with Crippen molar-refractivity contribution in [1.82, 2.24) is 4.90 Å². The van der Waals surface area contributed by atoms with E-state index in [1.807, 2.05) is 24.3 Å². The van der Waals surface area contributed by atoms with E-state index in [4.69, 9.17) is 26.2 Å². The van der Waals surface area contributed by atoms with Gasteiger partial charge in [0.2, 0.25) is 0 Å². The number of rotatable bonds is 5. The van der Waals surface area contributed by atoms with Crippen molar-refractivity contribution in [2.75, 3.05) is 57.8 Å². The molecule has 1 aromatic carbocycles. The number of piperazine rings is 1. The highest BCUT2D eigenvalue weighted by Crippen LogP contribution is 2.24. The molecule has 0 atom stereocenters. The minimum atomic E-state index is -5.19. The second-order valence-corrected chi connectivity index (χ2v) is 8.62. The highest BCUT2D eigenvalue weighted by Gasteiger charge is 2.35. The van der Waals surface area contributed by atoms with E-state index in [0.29, 0.717) is 10.5 Å². The van der Waals surface area contributed by atoms with Crippen LogP contribution in [0.1, 0.15) is 18.4 Å². The molecule has 2 aliphatic heterocycles. The van der Waals surface area contributed by atoms with Crippen LogP contribution in [0.25, 0.3) is 0 Å². The van der Waals surface area contributed by atoms with Crippen molar-refractivity contribution in [3.05, 3.63) is 29.8 Å². The second kappa shape index (κ2) is 10.8. The number of anilines is 1. The zero-order valence-electron chi connectivity index (χ0n) is 18.5. The molecule has 0 saturated carbocycles. The van der Waals surface area contributed by atoms with Gasteiger partial charge in [0.25, 0.3) is 0 Å². The van der Waals surface area contributed by atoms with Gasteiger partial charge in [-0.3, -0.25) is 10.3 Å². The number of nitrogens with two attached hydrogens (primary N) is 1. The molecule has 12 heteroatoms. The highest BCUT2D eigenvalue weighted by molar-refractivity contribution is 5.95. The van der Waals surface area contributed by atoms with E-state index < -0.39 is 18.1 Å². The summed E-state index contributed by atoms with van der Waals surface area (Å²) >= 11 is 0. The van der Waals surface area contributed by atoms with Gasteiger partial charge in [-0.2, -0.15) is 13.2 Å². The number of aliphatic carboxylic acids is 2. The number of carboxylic acids is 2. The molecular formula is C21H30F3N5O4. The standard InChI is InChI=1S/C19H29N5O2.C2HF3O2/c1-24(14-18(25)26)12-6-17(7-13-24)23-10-8-22(9-11-23)16-4-2-15(3-5-16)19(20)21;3-2(4,5)1(6)7/h2-5,17H,6-14H2,1H3,(H3-,20,21,25,26);(H,6,7). The Morgan fingerprint density at radius 3 is 2.03 bits per heavy atom. The van der Waals surface area contributed by atoms with Crippen LogP contribution in [0, 0.1) is 5.41 Å². The van der Waals surface area contributed by atoms with Gasteiger partial charge in [0.15, 0.2) is 6.54 Å². The smallest absolute Gasteiger partial charge is 0.430 e. The van der Waals surface area contributed by atoms with Gasteiger partial charge < -0.3 is 30.1 Å². The van der Waals surface area contributed by atoms with E-state index >= 15 is 0 Å². The monoisotopic (exact) mass is 473 g/mol. The summed E-state index contributed by atoms with van der Waals surface area (Å²) in [6.07, 6.45) is -3.03. The molecule has 3 rings (SSSR count). The number of amidine groups is 1. The molecule has 0 bridgehead atoms. The number of likely N-dealkylation sites (N-methyl/N-ethyl adjacent to an activating group) is 1. The van der Waals surface area contributed by atoms with Crippen molar-refractivity contribution >= 4 is 23.5 Å². The minimum Gasteiger partial charge on any atom is -0.542 e. The molecule has 2 aliphatic rings. The summed E-state index contributed by atoms with van der Waals surface area (Å²) in [5, 5.41) is 25.3. The third-order valence-electron chi connectivity index (χ3n) is 6.13. The van der Waals surface area contributed by atoms with E-state index in [1.54, 1.807) is 0 Å². The molecule has 184 valence electrons. The Kier molecular flexibility index (Phi) is 8.67. The van der Waals surface area contributed by atoms with E-state index in [-0.39, 0.29) is 12.4 Å². The van der Waals surface area contributed by atoms with Crippen molar-refractivity contribution in [2.45, 2.75) is 25.1 Å². The third kappa shape index (κ3) is 7.90. The summed E-state index contributed by atoms with van der Waals surface area (Å²) in [6, 6.07) is 8.49. The van der Waals surface area contributed by atoms with E-state index in [0.717, 1.165) is 57.7 Å². The average molecular weight is 473 g/mol. The number of hydrogen-bond acceptors (Lipinski definition) is 6. The van der Waals surface area contributed by atoms with Gasteiger partial charge in [0.1, 0.15) is 11.8 Å². The summed E-state index contributed by atoms with van der Waals surface area (Å²) in [4.78, 5) is 24.8. The molecule has 0 unspecified atom stereocenters. The minimum absolute atomic E-state index is 0.104. The zero-order chi connectivity index (χ0) is 24.8. The van der Waals surface area contributed by atoms with Crippen LogP contribution >= 0.6 is 0 Å². The van der Waals surface area contributed by atoms with Crippen molar-refractivity contribution in [3.8, 4) is 0 Å². The fourth-order valence-electron chi connectivity index (χ4n) is 4.22. The van der Waals surface area contributed by atoms with Crippen molar-refractivity contribution in [3.63, 3.8) is 0 Å². The zero-order valence-corrected chi connectivity index (χ0v) is 18.5. The summed E-state index contributed by atoms with van der Waals surface area (Å²) in [5.74, 6) is -3.60. The van der Waals surface area contributed by atoms with Crippen molar-refractivity contribution in [2.24, 2.45) is 5.73 Å². The maximum absolute atomic E-state index is 11.0. The van der Waals surface area contributed by atoms with Gasteiger partial charge >= 0.3 is 12.1 Å². The number of piperidine rings is 1. The topological polar surface area (TPSA) is 134 Å². The first-order valence-electron chi connectivity index (χ1n) is 10.6. The molecule has 4 N–H and O–H groups in total. The summed E-state index contributed by atoms with van der Waals surface area (Å²) in [5.41, 5.74) is 7.46. The third-order valence-corrected chi connectivity index (χ3v) is 6.13. The van der Waals surface area contributed by atoms with E-state index in [9.17, 15) is 18.0 Å². The van der Waals surface area contributed by atoms with Gasteiger partial charge in [0, 0.05) is 56.3 Å². The Morgan fingerprint density at radius 1 is 1.15 bits per heavy atom. The lowest BCUT2D eigenvalue weighted by Gasteiger charge is -2.45. The summed E-state index contributed by atoms with van der Waals surface area (Å²) in [7, 11) is 2.06. The number of hydrogen-bond donors (Lipinski definition) is 3. The lowest BCUT2D eigenvalue weighted by molar-refractivity contribution is -0.907. The lowest BCUT2D eigenvalue weighted by atomic mass is 10.00. The molecule has 0 radical (unpaired) electrons. The van der Waals surface area contributed by atoms with Crippen LogP contribution in [0.4, 0.5) is 18.9 Å². The second-order valence-electron chi connectivity index (χ2n) is 8.62. The number of nitrogen functional groups attached to an aromatic ring is 1. The number of halogens is 3. The molecule has 0 spiro atoms. The van der Waals surface area contributed by atoms with Gasteiger partial charge in [-0.15, -0.1) is 0 Å². The van der Waals surface area contributed by atoms with Crippen molar-refractivity contribution < 1.29 is 37.5 Å². The molecule has 0 amide bonds. The Balaban J connectivity index is 0.000000479. The predicted molar refractivity (Wildman–Crippen MR) is 114 cm³/mol. The first-order valence-corrected chi connectivity index (χ1v) is 10.6. The predicted octanol–water partition coefficient (Wildman–Crippen LogP) is 0.0849. The van der Waals surface area contributed by atoms with Gasteiger partial charge in [-0.05, 0) is 24.3 Å². The maximum atomic E-state index is 11.0. The number of nitrogens with one attached hydrogen (secondary N) is 1. The number of benzene rings is 1. The number of quaternary nitrogens is 1. The Bertz CT molecular complexity index is 831. The molecule has 0 aromatic heterocycles. The molecule has 2 heterocycles. The van der Waals surface area contributed by atoms with Crippen LogP contribution in [0.5, 0.6) is 0 Å². The molecule has 2 saturated heterocycles. The lowest BCUT2D eigenvalue weighted by Crippen LogP contribution is -2.58. The largest absolute Gasteiger partial charge is 0.542 e. The Hall–Kier alpha value is -2.86. The fraction of sp³-hybridized carbons (Fsp3) is 0.571. The average Bonchev–Trinajstić information content (AvgIpc) is 2.73. The SMILES string of the molecule is C[N+]1(CC(=O)O)CCC(N2CCN(c3ccc(C(=N)N)cc3)CC2)CC1.O=C([O-])C(F)(F)F. The Morgan fingerprint density at radius 2 is 1.64 bits per heavy atom. The maximum Gasteiger partial charge on any atom is 0.430 e. The molecule has 0 aliphatic carbocycles. The number of likely N-dealkylation sites (tertiary alicyclic amines) is 1. The van der Waals surface area contributed by atoms with Crippen LogP contribution in [-0.4, -0.2) is 97.3 Å². The molecule has 2 fully saturated rings. The van der Waals surface area contributed by atoms with Crippen molar-refractivity contribution in [1.29, 1.82) is 5.41 Å².